The number of Topliss-reactive ketones (excluding diaryl/α,β-unsaturated/α-hetero) is 1. The summed E-state index contributed by atoms with van der Waals surface area (Å²) in [6, 6.07) is 1.69. The van der Waals surface area contributed by atoms with Crippen LogP contribution in [0.15, 0.2) is 12.1 Å². The Morgan fingerprint density at radius 2 is 2.24 bits per heavy atom. The zero-order valence-corrected chi connectivity index (χ0v) is 9.10. The van der Waals surface area contributed by atoms with Gasteiger partial charge in [0, 0.05) is 12.5 Å². The van der Waals surface area contributed by atoms with Gasteiger partial charge in [-0.3, -0.25) is 14.9 Å². The molecule has 0 aliphatic carbocycles. The van der Waals surface area contributed by atoms with Crippen molar-refractivity contribution in [2.24, 2.45) is 5.73 Å². The van der Waals surface area contributed by atoms with E-state index in [2.05, 4.69) is 0 Å². The molecule has 2 N–H and O–H groups in total. The van der Waals surface area contributed by atoms with Crippen LogP contribution >= 0.6 is 0 Å². The zero-order chi connectivity index (χ0) is 13.0. The van der Waals surface area contributed by atoms with Crippen molar-refractivity contribution >= 4 is 11.5 Å². The molecule has 0 fully saturated rings. The third kappa shape index (κ3) is 2.76. The molecule has 0 amide bonds. The van der Waals surface area contributed by atoms with E-state index in [-0.39, 0.29) is 24.3 Å². The van der Waals surface area contributed by atoms with E-state index in [4.69, 9.17) is 10.5 Å². The molecule has 1 aromatic rings. The summed E-state index contributed by atoms with van der Waals surface area (Å²) < 4.78 is 18.2. The predicted molar refractivity (Wildman–Crippen MR) is 57.6 cm³/mol. The number of benzene rings is 1. The predicted octanol–water partition coefficient (Wildman–Crippen LogP) is 1.27. The monoisotopic (exact) mass is 242 g/mol. The second-order valence-corrected chi connectivity index (χ2v) is 3.23. The molecule has 0 aliphatic heterocycles. The summed E-state index contributed by atoms with van der Waals surface area (Å²) in [7, 11) is 1.18. The number of nitro groups is 1. The first-order valence-electron chi connectivity index (χ1n) is 4.76. The number of nitro benzene ring substituents is 1. The average molecular weight is 242 g/mol. The van der Waals surface area contributed by atoms with Crippen molar-refractivity contribution in [3.63, 3.8) is 0 Å². The standard InChI is InChI=1S/C10H11FN2O4/c1-17-10-7(9(14)2-3-12)4-6(13(15)16)5-8(10)11/h4-5H,2-3,12H2,1H3. The van der Waals surface area contributed by atoms with Crippen LogP contribution in [0.25, 0.3) is 0 Å². The van der Waals surface area contributed by atoms with Gasteiger partial charge >= 0.3 is 0 Å². The third-order valence-corrected chi connectivity index (χ3v) is 2.12. The number of non-ortho nitro benzene ring substituents is 1. The second kappa shape index (κ2) is 5.35. The summed E-state index contributed by atoms with van der Waals surface area (Å²) in [5.41, 5.74) is 4.55. The van der Waals surface area contributed by atoms with Gasteiger partial charge in [0.25, 0.3) is 5.69 Å². The number of hydrogen-bond donors (Lipinski definition) is 1. The Balaban J connectivity index is 3.33. The normalized spacial score (nSPS) is 10.1. The quantitative estimate of drug-likeness (QED) is 0.476. The first kappa shape index (κ1) is 13.0. The highest BCUT2D eigenvalue weighted by Gasteiger charge is 2.21. The van der Waals surface area contributed by atoms with Crippen LogP contribution in [0.4, 0.5) is 10.1 Å². The lowest BCUT2D eigenvalue weighted by molar-refractivity contribution is -0.385. The highest BCUT2D eigenvalue weighted by molar-refractivity contribution is 5.99. The number of carbonyl (C=O) groups is 1. The van der Waals surface area contributed by atoms with E-state index in [1.165, 1.54) is 7.11 Å². The SMILES string of the molecule is COc1c(F)cc([N+](=O)[O-])cc1C(=O)CCN. The van der Waals surface area contributed by atoms with E-state index in [1.54, 1.807) is 0 Å². The molecule has 1 rings (SSSR count). The fourth-order valence-corrected chi connectivity index (χ4v) is 1.36. The maximum Gasteiger partial charge on any atom is 0.273 e. The molecule has 0 aromatic heterocycles. The second-order valence-electron chi connectivity index (χ2n) is 3.23. The summed E-state index contributed by atoms with van der Waals surface area (Å²) in [6.45, 7) is 0.0757. The van der Waals surface area contributed by atoms with Gasteiger partial charge in [-0.25, -0.2) is 4.39 Å². The van der Waals surface area contributed by atoms with Crippen molar-refractivity contribution in [1.82, 2.24) is 0 Å². The Kier molecular flexibility index (Phi) is 4.11. The molecule has 6 nitrogen and oxygen atoms in total. The molecule has 17 heavy (non-hydrogen) atoms. The summed E-state index contributed by atoms with van der Waals surface area (Å²) in [5, 5.41) is 10.5. The number of halogens is 1. The summed E-state index contributed by atoms with van der Waals surface area (Å²) in [5.74, 6) is -1.73. The molecular formula is C10H11FN2O4. The number of hydrogen-bond acceptors (Lipinski definition) is 5. The van der Waals surface area contributed by atoms with Crippen molar-refractivity contribution in [3.8, 4) is 5.75 Å². The van der Waals surface area contributed by atoms with Gasteiger partial charge < -0.3 is 10.5 Å². The summed E-state index contributed by atoms with van der Waals surface area (Å²) in [4.78, 5) is 21.4. The van der Waals surface area contributed by atoms with Crippen LogP contribution in [0.2, 0.25) is 0 Å². The first-order valence-corrected chi connectivity index (χ1v) is 4.76. The topological polar surface area (TPSA) is 95.5 Å². The molecule has 0 bridgehead atoms. The lowest BCUT2D eigenvalue weighted by Crippen LogP contribution is -2.10. The van der Waals surface area contributed by atoms with Crippen molar-refractivity contribution in [3.05, 3.63) is 33.6 Å². The van der Waals surface area contributed by atoms with Crippen LogP contribution in [0.5, 0.6) is 5.75 Å². The largest absolute Gasteiger partial charge is 0.493 e. The molecule has 0 radical (unpaired) electrons. The lowest BCUT2D eigenvalue weighted by Gasteiger charge is -2.08. The van der Waals surface area contributed by atoms with Crippen LogP contribution in [0.3, 0.4) is 0 Å². The Bertz CT molecular complexity index is 462. The molecule has 0 heterocycles. The number of rotatable bonds is 5. The van der Waals surface area contributed by atoms with Gasteiger partial charge in [0.15, 0.2) is 17.3 Å². The minimum atomic E-state index is -0.943. The van der Waals surface area contributed by atoms with Crippen molar-refractivity contribution < 1.29 is 18.8 Å². The van der Waals surface area contributed by atoms with Gasteiger partial charge in [-0.2, -0.15) is 0 Å². The lowest BCUT2D eigenvalue weighted by atomic mass is 10.1. The van der Waals surface area contributed by atoms with Crippen LogP contribution in [-0.2, 0) is 0 Å². The van der Waals surface area contributed by atoms with Gasteiger partial charge in [-0.05, 0) is 6.54 Å². The molecule has 1 aromatic carbocycles. The molecule has 0 saturated carbocycles. The van der Waals surface area contributed by atoms with E-state index in [1.807, 2.05) is 0 Å². The molecule has 7 heteroatoms. The van der Waals surface area contributed by atoms with Gasteiger partial charge in [-0.1, -0.05) is 0 Å². The number of nitrogens with two attached hydrogens (primary N) is 1. The van der Waals surface area contributed by atoms with Crippen molar-refractivity contribution in [2.45, 2.75) is 6.42 Å². The van der Waals surface area contributed by atoms with Crippen LogP contribution < -0.4 is 10.5 Å². The van der Waals surface area contributed by atoms with Gasteiger partial charge in [-0.15, -0.1) is 0 Å². The number of methoxy groups -OCH3 is 1. The Morgan fingerprint density at radius 3 is 2.71 bits per heavy atom. The average Bonchev–Trinajstić information content (AvgIpc) is 2.28. The van der Waals surface area contributed by atoms with E-state index < -0.39 is 22.2 Å². The van der Waals surface area contributed by atoms with E-state index in [9.17, 15) is 19.3 Å². The molecule has 0 spiro atoms. The highest BCUT2D eigenvalue weighted by Crippen LogP contribution is 2.28. The Labute approximate surface area is 96.3 Å². The Morgan fingerprint density at radius 1 is 1.59 bits per heavy atom. The molecule has 0 unspecified atom stereocenters. The third-order valence-electron chi connectivity index (χ3n) is 2.12. The summed E-state index contributed by atoms with van der Waals surface area (Å²) >= 11 is 0. The maximum atomic E-state index is 13.5. The van der Waals surface area contributed by atoms with Crippen molar-refractivity contribution in [1.29, 1.82) is 0 Å². The smallest absolute Gasteiger partial charge is 0.273 e. The number of carbonyl (C=O) groups excluding carboxylic acids is 1. The fourth-order valence-electron chi connectivity index (χ4n) is 1.36. The molecule has 0 atom stereocenters. The maximum absolute atomic E-state index is 13.5. The van der Waals surface area contributed by atoms with Crippen LogP contribution in [0, 0.1) is 15.9 Å². The molecular weight excluding hydrogens is 231 g/mol. The highest BCUT2D eigenvalue weighted by atomic mass is 19.1. The van der Waals surface area contributed by atoms with E-state index in [0.717, 1.165) is 6.07 Å². The molecule has 0 aliphatic rings. The molecule has 92 valence electrons. The van der Waals surface area contributed by atoms with Crippen LogP contribution in [0.1, 0.15) is 16.8 Å². The van der Waals surface area contributed by atoms with Crippen LogP contribution in [-0.4, -0.2) is 24.4 Å². The number of nitrogens with zero attached hydrogens (tertiary/aromatic N) is 1. The van der Waals surface area contributed by atoms with Gasteiger partial charge in [0.1, 0.15) is 0 Å². The molecule has 0 saturated heterocycles. The minimum absolute atomic E-state index is 0.0308. The fraction of sp³-hybridized carbons (Fsp3) is 0.300. The minimum Gasteiger partial charge on any atom is -0.493 e. The van der Waals surface area contributed by atoms with Gasteiger partial charge in [0.05, 0.1) is 23.7 Å². The summed E-state index contributed by atoms with van der Waals surface area (Å²) in [6.07, 6.45) is -0.0308. The number of ether oxygens (including phenoxy) is 1. The Hall–Kier alpha value is -2.02. The number of ketones is 1. The van der Waals surface area contributed by atoms with Gasteiger partial charge in [0.2, 0.25) is 0 Å². The van der Waals surface area contributed by atoms with E-state index >= 15 is 0 Å². The van der Waals surface area contributed by atoms with Crippen molar-refractivity contribution in [2.75, 3.05) is 13.7 Å². The van der Waals surface area contributed by atoms with E-state index in [0.29, 0.717) is 6.07 Å². The first-order chi connectivity index (χ1) is 8.01. The zero-order valence-electron chi connectivity index (χ0n) is 9.10.